The second-order valence-corrected chi connectivity index (χ2v) is 13.4. The maximum atomic E-state index is 11.7. The molecule has 4 rings (SSSR count). The molecule has 0 saturated heterocycles. The van der Waals surface area contributed by atoms with E-state index in [1.54, 1.807) is 106 Å². The number of hydrogen-bond acceptors (Lipinski definition) is 15. The Labute approximate surface area is 400 Å². The lowest BCUT2D eigenvalue weighted by Crippen LogP contribution is -2.13. The van der Waals surface area contributed by atoms with Crippen molar-refractivity contribution in [3.8, 4) is 0 Å². The van der Waals surface area contributed by atoms with E-state index in [1.807, 2.05) is 36.4 Å². The molecule has 0 spiro atoms. The molecule has 15 nitrogen and oxygen atoms in total. The number of esters is 4. The molecule has 0 unspecified atom stereocenters. The van der Waals surface area contributed by atoms with Crippen LogP contribution in [-0.2, 0) is 52.1 Å². The van der Waals surface area contributed by atoms with Crippen LogP contribution in [0.5, 0.6) is 0 Å². The fourth-order valence-corrected chi connectivity index (χ4v) is 4.78. The number of hydrogen-bond donors (Lipinski definition) is 0. The quantitative estimate of drug-likeness (QED) is 0.0230. The lowest BCUT2D eigenvalue weighted by atomic mass is 10.1. The summed E-state index contributed by atoms with van der Waals surface area (Å²) in [7, 11) is 6.26. The third-order valence-electron chi connectivity index (χ3n) is 8.51. The molecule has 0 amide bonds. The van der Waals surface area contributed by atoms with E-state index in [1.165, 1.54) is 7.11 Å². The Kier molecular flexibility index (Phi) is 34.6. The minimum absolute atomic E-state index is 0.0258. The topological polar surface area (TPSA) is 170 Å². The molecule has 0 N–H and O–H groups in total. The predicted molar refractivity (Wildman–Crippen MR) is 262 cm³/mol. The van der Waals surface area contributed by atoms with Crippen molar-refractivity contribution in [2.24, 2.45) is 0 Å². The normalized spacial score (nSPS) is 9.94. The lowest BCUT2D eigenvalue weighted by molar-refractivity contribution is -0.0125. The smallest absolute Gasteiger partial charge is 0.340 e. The predicted octanol–water partition coefficient (Wildman–Crippen LogP) is 8.54. The maximum Gasteiger partial charge on any atom is 0.340 e. The summed E-state index contributed by atoms with van der Waals surface area (Å²) in [5, 5.41) is 0. The number of benzene rings is 4. The van der Waals surface area contributed by atoms with Gasteiger partial charge < -0.3 is 52.1 Å². The van der Waals surface area contributed by atoms with Gasteiger partial charge in [0.05, 0.1) is 81.7 Å². The average molecular weight is 943 g/mol. The Morgan fingerprint density at radius 2 is 0.544 bits per heavy atom. The van der Waals surface area contributed by atoms with Gasteiger partial charge in [0.1, 0.15) is 19.8 Å². The Hall–Kier alpha value is -6.56. The molecular weight excluding hydrogens is 877 g/mol. The summed E-state index contributed by atoms with van der Waals surface area (Å²) >= 11 is 0. The van der Waals surface area contributed by atoms with Crippen molar-refractivity contribution in [1.82, 2.24) is 0 Å². The first-order valence-corrected chi connectivity index (χ1v) is 21.4. The molecule has 0 radical (unpaired) electrons. The molecule has 4 aromatic carbocycles. The van der Waals surface area contributed by atoms with Crippen molar-refractivity contribution < 1.29 is 71.3 Å². The Bertz CT molecular complexity index is 2010. The van der Waals surface area contributed by atoms with Gasteiger partial charge in [-0.15, -0.1) is 0 Å². The van der Waals surface area contributed by atoms with E-state index >= 15 is 0 Å². The second kappa shape index (κ2) is 39.6. The van der Waals surface area contributed by atoms with Crippen LogP contribution in [0.15, 0.2) is 123 Å². The fourth-order valence-electron chi connectivity index (χ4n) is 4.78. The molecule has 0 fully saturated rings. The zero-order valence-corrected chi connectivity index (χ0v) is 39.7. The van der Waals surface area contributed by atoms with E-state index in [0.717, 1.165) is 22.3 Å². The van der Waals surface area contributed by atoms with Gasteiger partial charge in [-0.25, -0.2) is 19.2 Å². The first-order valence-electron chi connectivity index (χ1n) is 21.4. The first-order chi connectivity index (χ1) is 33.1. The van der Waals surface area contributed by atoms with Crippen LogP contribution in [0.2, 0.25) is 0 Å². The molecule has 0 aliphatic heterocycles. The van der Waals surface area contributed by atoms with E-state index in [-0.39, 0.29) is 50.5 Å². The van der Waals surface area contributed by atoms with Crippen LogP contribution in [0.25, 0.3) is 24.3 Å². The molecule has 4 aromatic rings. The summed E-state index contributed by atoms with van der Waals surface area (Å²) in [4.78, 5) is 46.0. The van der Waals surface area contributed by atoms with Gasteiger partial charge in [0, 0.05) is 28.4 Å². The minimum Gasteiger partial charge on any atom is -0.460 e. The van der Waals surface area contributed by atoms with Gasteiger partial charge in [-0.1, -0.05) is 99.2 Å². The van der Waals surface area contributed by atoms with E-state index in [9.17, 15) is 19.2 Å². The van der Waals surface area contributed by atoms with Crippen LogP contribution in [0, 0.1) is 0 Å². The summed E-state index contributed by atoms with van der Waals surface area (Å²) in [6, 6.07) is 28.2. The summed E-state index contributed by atoms with van der Waals surface area (Å²) < 4.78 is 54.6. The molecule has 368 valence electrons. The van der Waals surface area contributed by atoms with Crippen LogP contribution in [0.4, 0.5) is 0 Å². The second-order valence-electron chi connectivity index (χ2n) is 13.4. The standard InChI is InChI=1S/C16H22O5.C14H18O4.C12H14O3.C11H12O3/c1-3-14-4-6-15(7-5-14)16(17)21-13-12-20-11-10-19-9-8-18-2;1-3-12-4-6-13(7-5-12)14(15)18-11-10-17-9-8-16-2;1-3-10-4-6-11(7-5-10)12(13)15-9-8-14-2;1-3-9-4-6-10(7-5-9)11(12)14-8-13-2/h3-7H,1,8-13H2,2H3;3-7H,1,8-11H2,2H3;3-7H,1,8-9H2,2H3;3-7H,1,8H2,2H3. The van der Waals surface area contributed by atoms with E-state index in [4.69, 9.17) is 47.4 Å². The Morgan fingerprint density at radius 3 is 0.794 bits per heavy atom. The van der Waals surface area contributed by atoms with Crippen molar-refractivity contribution in [3.63, 3.8) is 0 Å². The molecular formula is C53H66O15. The maximum absolute atomic E-state index is 11.7. The first kappa shape index (κ1) is 59.5. The lowest BCUT2D eigenvalue weighted by Gasteiger charge is -2.07. The van der Waals surface area contributed by atoms with Crippen LogP contribution in [0.3, 0.4) is 0 Å². The number of methoxy groups -OCH3 is 4. The van der Waals surface area contributed by atoms with Gasteiger partial charge >= 0.3 is 23.9 Å². The van der Waals surface area contributed by atoms with Gasteiger partial charge in [0.25, 0.3) is 0 Å². The number of carbonyl (C=O) groups is 4. The number of ether oxygens (including phenoxy) is 11. The number of rotatable bonds is 28. The highest BCUT2D eigenvalue weighted by Crippen LogP contribution is 2.10. The SMILES string of the molecule is C=Cc1ccc(C(=O)OCCOC)cc1.C=Cc1ccc(C(=O)OCCOCCOC)cc1.C=Cc1ccc(C(=O)OCCOCCOCCOC)cc1.C=Cc1ccc(C(=O)OCOC)cc1. The molecule has 0 atom stereocenters. The van der Waals surface area contributed by atoms with Gasteiger partial charge in [0.2, 0.25) is 0 Å². The fraction of sp³-hybridized carbons (Fsp3) is 0.321. The highest BCUT2D eigenvalue weighted by Gasteiger charge is 2.09. The third-order valence-corrected chi connectivity index (χ3v) is 8.51. The highest BCUT2D eigenvalue weighted by molar-refractivity contribution is 5.91. The Balaban J connectivity index is 0.000000459. The molecule has 15 heteroatoms. The molecule has 0 bridgehead atoms. The molecule has 0 aliphatic rings. The summed E-state index contributed by atoms with van der Waals surface area (Å²) in [5.74, 6) is -1.42. The van der Waals surface area contributed by atoms with Crippen molar-refractivity contribution in [2.75, 3.05) is 115 Å². The van der Waals surface area contributed by atoms with Crippen molar-refractivity contribution in [1.29, 1.82) is 0 Å². The summed E-state index contributed by atoms with van der Waals surface area (Å²) in [6.45, 7) is 19.5. The molecule has 68 heavy (non-hydrogen) atoms. The van der Waals surface area contributed by atoms with E-state index in [2.05, 4.69) is 31.1 Å². The van der Waals surface area contributed by atoms with E-state index < -0.39 is 0 Å². The van der Waals surface area contributed by atoms with Crippen molar-refractivity contribution in [3.05, 3.63) is 168 Å². The van der Waals surface area contributed by atoms with Crippen molar-refractivity contribution in [2.45, 2.75) is 0 Å². The van der Waals surface area contributed by atoms with Crippen LogP contribution in [-0.4, -0.2) is 138 Å². The number of carbonyl (C=O) groups excluding carboxylic acids is 4. The molecule has 0 aromatic heterocycles. The van der Waals surface area contributed by atoms with Crippen LogP contribution >= 0.6 is 0 Å². The largest absolute Gasteiger partial charge is 0.460 e. The summed E-state index contributed by atoms with van der Waals surface area (Å²) in [6.07, 6.45) is 6.88. The molecule has 0 heterocycles. The zero-order valence-electron chi connectivity index (χ0n) is 39.7. The zero-order chi connectivity index (χ0) is 50.0. The Morgan fingerprint density at radius 1 is 0.324 bits per heavy atom. The molecule has 0 saturated carbocycles. The van der Waals surface area contributed by atoms with Gasteiger partial charge in [-0.2, -0.15) is 0 Å². The highest BCUT2D eigenvalue weighted by atomic mass is 16.7. The summed E-state index contributed by atoms with van der Waals surface area (Å²) in [5.41, 5.74) is 5.96. The molecule has 0 aliphatic carbocycles. The van der Waals surface area contributed by atoms with E-state index in [0.29, 0.717) is 81.7 Å². The third kappa shape index (κ3) is 27.8. The van der Waals surface area contributed by atoms with Crippen molar-refractivity contribution >= 4 is 48.2 Å². The van der Waals surface area contributed by atoms with Crippen LogP contribution < -0.4 is 0 Å². The van der Waals surface area contributed by atoms with Crippen LogP contribution in [0.1, 0.15) is 63.7 Å². The minimum atomic E-state index is -0.387. The van der Waals surface area contributed by atoms with Gasteiger partial charge in [-0.3, -0.25) is 0 Å². The van der Waals surface area contributed by atoms with Gasteiger partial charge in [0.15, 0.2) is 6.79 Å². The average Bonchev–Trinajstić information content (AvgIpc) is 3.39. The van der Waals surface area contributed by atoms with Gasteiger partial charge in [-0.05, 0) is 70.8 Å². The monoisotopic (exact) mass is 942 g/mol.